The van der Waals surface area contributed by atoms with Crippen molar-refractivity contribution in [2.45, 2.75) is 69.5 Å². The molecule has 0 atom stereocenters. The van der Waals surface area contributed by atoms with Crippen molar-refractivity contribution in [1.82, 2.24) is 15.1 Å². The fourth-order valence-corrected chi connectivity index (χ4v) is 6.87. The molecule has 8 rings (SSSR count). The minimum absolute atomic E-state index is 0.0404. The number of hydrogen-bond acceptors (Lipinski definition) is 6. The number of methoxy groups -OCH3 is 1. The summed E-state index contributed by atoms with van der Waals surface area (Å²) in [6.45, 7) is 0.436. The topological polar surface area (TPSA) is 70.3 Å². The van der Waals surface area contributed by atoms with Gasteiger partial charge in [-0.2, -0.15) is 0 Å². The maximum absolute atomic E-state index is 6.77. The van der Waals surface area contributed by atoms with E-state index in [1.807, 2.05) is 6.07 Å². The van der Waals surface area contributed by atoms with E-state index in [2.05, 4.69) is 45.2 Å². The summed E-state index contributed by atoms with van der Waals surface area (Å²) in [5.41, 5.74) is 3.19. The third-order valence-electron chi connectivity index (χ3n) is 8.95. The first-order valence-electron chi connectivity index (χ1n) is 13.9. The molecular formula is C32H29Cl2N3O3. The van der Waals surface area contributed by atoms with Crippen LogP contribution in [0.5, 0.6) is 5.88 Å². The van der Waals surface area contributed by atoms with Crippen LogP contribution < -0.4 is 4.74 Å². The van der Waals surface area contributed by atoms with Crippen molar-refractivity contribution in [1.29, 1.82) is 0 Å². The van der Waals surface area contributed by atoms with Crippen molar-refractivity contribution in [3.05, 3.63) is 69.8 Å². The quantitative estimate of drug-likeness (QED) is 0.217. The normalized spacial score (nSPS) is 23.7. The molecule has 4 fully saturated rings. The van der Waals surface area contributed by atoms with Crippen LogP contribution in [0.25, 0.3) is 22.0 Å². The zero-order chi connectivity index (χ0) is 27.3. The summed E-state index contributed by atoms with van der Waals surface area (Å²) in [7, 11) is 1.65. The first-order valence-corrected chi connectivity index (χ1v) is 14.6. The second-order valence-corrected chi connectivity index (χ2v) is 12.2. The van der Waals surface area contributed by atoms with Crippen molar-refractivity contribution in [3.63, 3.8) is 0 Å². The van der Waals surface area contributed by atoms with Crippen LogP contribution in [-0.2, 0) is 11.3 Å². The number of fused-ring (bicyclic) bond motifs is 4. The van der Waals surface area contributed by atoms with E-state index in [0.29, 0.717) is 39.7 Å². The van der Waals surface area contributed by atoms with Gasteiger partial charge in [0.15, 0.2) is 0 Å². The predicted octanol–water partition coefficient (Wildman–Crippen LogP) is 8.14. The van der Waals surface area contributed by atoms with E-state index in [4.69, 9.17) is 37.2 Å². The molecule has 0 saturated heterocycles. The number of ether oxygens (including phenoxy) is 2. The van der Waals surface area contributed by atoms with E-state index < -0.39 is 0 Å². The molecule has 4 saturated carbocycles. The van der Waals surface area contributed by atoms with Crippen LogP contribution in [0.15, 0.2) is 47.4 Å². The molecule has 2 bridgehead atoms. The summed E-state index contributed by atoms with van der Waals surface area (Å²) in [6.07, 6.45) is 13.2. The summed E-state index contributed by atoms with van der Waals surface area (Å²) in [5.74, 6) is 9.08. The number of hydrogen-bond donors (Lipinski definition) is 0. The molecule has 1 aromatic carbocycles. The van der Waals surface area contributed by atoms with E-state index in [-0.39, 0.29) is 11.0 Å². The van der Waals surface area contributed by atoms with Gasteiger partial charge in [-0.25, -0.2) is 4.98 Å². The van der Waals surface area contributed by atoms with Gasteiger partial charge in [-0.15, -0.1) is 0 Å². The summed E-state index contributed by atoms with van der Waals surface area (Å²) in [6, 6.07) is 8.24. The molecule has 3 aromatic heterocycles. The lowest BCUT2D eigenvalue weighted by molar-refractivity contribution is -0.131. The Morgan fingerprint density at radius 1 is 1.02 bits per heavy atom. The maximum atomic E-state index is 6.77. The van der Waals surface area contributed by atoms with Crippen LogP contribution in [-0.4, -0.2) is 27.8 Å². The molecule has 6 nitrogen and oxygen atoms in total. The largest absolute Gasteiger partial charge is 0.481 e. The Bertz CT molecular complexity index is 1620. The highest BCUT2D eigenvalue weighted by molar-refractivity contribution is 6.38. The second kappa shape index (κ2) is 10.1. The molecule has 0 unspecified atom stereocenters. The first kappa shape index (κ1) is 25.8. The SMILES string of the molecule is COc1nccc2ccc(C#CC34CCC(OCc5c(-c6c(Cl)cncc6Cl)noc5C5CC5)(CC3)CC4)cc12. The highest BCUT2D eigenvalue weighted by Gasteiger charge is 2.49. The van der Waals surface area contributed by atoms with Gasteiger partial charge in [0.05, 0.1) is 29.4 Å². The summed E-state index contributed by atoms with van der Waals surface area (Å²) in [4.78, 5) is 8.43. The number of rotatable bonds is 6. The van der Waals surface area contributed by atoms with Gasteiger partial charge in [-0.1, -0.05) is 46.3 Å². The Labute approximate surface area is 243 Å². The van der Waals surface area contributed by atoms with Gasteiger partial charge in [0.25, 0.3) is 0 Å². The molecule has 40 heavy (non-hydrogen) atoms. The summed E-state index contributed by atoms with van der Waals surface area (Å²) in [5, 5.41) is 7.41. The van der Waals surface area contributed by atoms with Crippen molar-refractivity contribution in [2.75, 3.05) is 7.11 Å². The number of pyridine rings is 2. The van der Waals surface area contributed by atoms with Gasteiger partial charge in [0.2, 0.25) is 5.88 Å². The third-order valence-corrected chi connectivity index (χ3v) is 9.53. The summed E-state index contributed by atoms with van der Waals surface area (Å²) >= 11 is 13.0. The van der Waals surface area contributed by atoms with Gasteiger partial charge in [-0.05, 0) is 75.0 Å². The highest BCUT2D eigenvalue weighted by Crippen LogP contribution is 2.54. The van der Waals surface area contributed by atoms with Crippen LogP contribution in [0.1, 0.15) is 74.2 Å². The number of halogens is 2. The molecule has 204 valence electrons. The van der Waals surface area contributed by atoms with E-state index >= 15 is 0 Å². The molecule has 0 amide bonds. The Hall–Kier alpha value is -3.11. The molecular weight excluding hydrogens is 545 g/mol. The van der Waals surface area contributed by atoms with Crippen LogP contribution >= 0.6 is 23.2 Å². The number of aromatic nitrogens is 3. The third kappa shape index (κ3) is 4.64. The Morgan fingerprint density at radius 2 is 1.77 bits per heavy atom. The van der Waals surface area contributed by atoms with E-state index in [9.17, 15) is 0 Å². The average Bonchev–Trinajstić information content (AvgIpc) is 3.75. The van der Waals surface area contributed by atoms with E-state index in [0.717, 1.165) is 79.0 Å². The fourth-order valence-electron chi connectivity index (χ4n) is 6.33. The zero-order valence-corrected chi connectivity index (χ0v) is 23.8. The molecule has 4 aliphatic rings. The minimum Gasteiger partial charge on any atom is -0.481 e. The van der Waals surface area contributed by atoms with Crippen molar-refractivity contribution in [3.8, 4) is 29.0 Å². The van der Waals surface area contributed by atoms with Crippen molar-refractivity contribution < 1.29 is 14.0 Å². The lowest BCUT2D eigenvalue weighted by atomic mass is 9.59. The zero-order valence-electron chi connectivity index (χ0n) is 22.3. The fraction of sp³-hybridized carbons (Fsp3) is 0.406. The van der Waals surface area contributed by atoms with Crippen LogP contribution in [0.4, 0.5) is 0 Å². The van der Waals surface area contributed by atoms with Crippen molar-refractivity contribution >= 4 is 34.0 Å². The van der Waals surface area contributed by atoms with E-state index in [1.165, 1.54) is 0 Å². The summed E-state index contributed by atoms with van der Waals surface area (Å²) < 4.78 is 18.1. The van der Waals surface area contributed by atoms with Crippen LogP contribution in [0.3, 0.4) is 0 Å². The lowest BCUT2D eigenvalue weighted by Gasteiger charge is -2.51. The predicted molar refractivity (Wildman–Crippen MR) is 155 cm³/mol. The average molecular weight is 575 g/mol. The van der Waals surface area contributed by atoms with Gasteiger partial charge in [-0.3, -0.25) is 4.98 Å². The number of nitrogens with zero attached hydrogens (tertiary/aromatic N) is 3. The Morgan fingerprint density at radius 3 is 2.48 bits per heavy atom. The van der Waals surface area contributed by atoms with Gasteiger partial charge in [0, 0.05) is 52.0 Å². The second-order valence-electron chi connectivity index (χ2n) is 11.4. The Kier molecular flexibility index (Phi) is 6.50. The highest BCUT2D eigenvalue weighted by atomic mass is 35.5. The maximum Gasteiger partial charge on any atom is 0.221 e. The minimum atomic E-state index is -0.146. The molecule has 0 spiro atoms. The molecule has 8 heteroatoms. The molecule has 0 radical (unpaired) electrons. The molecule has 4 aliphatic carbocycles. The van der Waals surface area contributed by atoms with Crippen LogP contribution in [0.2, 0.25) is 10.0 Å². The van der Waals surface area contributed by atoms with Gasteiger partial charge in [0.1, 0.15) is 11.5 Å². The molecule has 4 aromatic rings. The van der Waals surface area contributed by atoms with Crippen LogP contribution in [0, 0.1) is 17.3 Å². The number of benzene rings is 1. The molecule has 3 heterocycles. The van der Waals surface area contributed by atoms with Crippen molar-refractivity contribution in [2.24, 2.45) is 5.41 Å². The molecule has 0 aliphatic heterocycles. The van der Waals surface area contributed by atoms with E-state index in [1.54, 1.807) is 25.7 Å². The molecule has 0 N–H and O–H groups in total. The monoisotopic (exact) mass is 573 g/mol. The lowest BCUT2D eigenvalue weighted by Crippen LogP contribution is -2.47. The van der Waals surface area contributed by atoms with Gasteiger partial charge < -0.3 is 14.0 Å². The smallest absolute Gasteiger partial charge is 0.221 e. The standard InChI is InChI=1S/C32H29Cl2N3O3/c1-38-30-23-16-20(2-3-21(23)7-15-36-30)6-8-31-9-12-32(13-10-31,14-11-31)39-19-24-28(37-40-29(24)22-4-5-22)27-25(33)17-35-18-26(27)34/h2-3,7,15-18,22H,4-5,9-14,19H2,1H3. The first-order chi connectivity index (χ1) is 19.5. The van der Waals surface area contributed by atoms with Gasteiger partial charge >= 0.3 is 0 Å². The Balaban J connectivity index is 1.08.